The van der Waals surface area contributed by atoms with Crippen LogP contribution in [0.15, 0.2) is 0 Å². The lowest BCUT2D eigenvalue weighted by Gasteiger charge is -2.47. The summed E-state index contributed by atoms with van der Waals surface area (Å²) in [6.07, 6.45) is 9.73. The molecular weight excluding hydrogens is 232 g/mol. The van der Waals surface area contributed by atoms with E-state index < -0.39 is 0 Å². The Bertz CT molecular complexity index is 268. The zero-order valence-corrected chi connectivity index (χ0v) is 13.5. The van der Waals surface area contributed by atoms with Gasteiger partial charge in [0.1, 0.15) is 0 Å². The second kappa shape index (κ2) is 6.58. The quantitative estimate of drug-likeness (QED) is 0.835. The Morgan fingerprint density at radius 1 is 1.16 bits per heavy atom. The fourth-order valence-corrected chi connectivity index (χ4v) is 4.09. The van der Waals surface area contributed by atoms with Gasteiger partial charge in [0, 0.05) is 12.1 Å². The molecular formula is C17H34N2. The lowest BCUT2D eigenvalue weighted by Crippen LogP contribution is -2.55. The molecule has 2 nitrogen and oxygen atoms in total. The maximum Gasteiger partial charge on any atom is 0.0251 e. The Morgan fingerprint density at radius 2 is 1.84 bits per heavy atom. The van der Waals surface area contributed by atoms with E-state index in [-0.39, 0.29) is 0 Å². The third-order valence-electron chi connectivity index (χ3n) is 6.20. The molecule has 3 unspecified atom stereocenters. The summed E-state index contributed by atoms with van der Waals surface area (Å²) < 4.78 is 0. The molecule has 1 N–H and O–H groups in total. The Labute approximate surface area is 120 Å². The van der Waals surface area contributed by atoms with E-state index in [0.717, 1.165) is 18.0 Å². The average molecular weight is 266 g/mol. The van der Waals surface area contributed by atoms with E-state index in [1.165, 1.54) is 58.0 Å². The lowest BCUT2D eigenvalue weighted by molar-refractivity contribution is 0.0385. The predicted octanol–water partition coefficient (Wildman–Crippen LogP) is 3.67. The Balaban J connectivity index is 1.95. The van der Waals surface area contributed by atoms with Gasteiger partial charge in [0.15, 0.2) is 0 Å². The molecule has 2 heteroatoms. The SMILES string of the molecule is CCC1CCC(NC)C(N2CCC(C)(CC)CC2)C1. The van der Waals surface area contributed by atoms with E-state index in [9.17, 15) is 0 Å². The van der Waals surface area contributed by atoms with Crippen LogP contribution in [0, 0.1) is 11.3 Å². The minimum Gasteiger partial charge on any atom is -0.315 e. The van der Waals surface area contributed by atoms with Gasteiger partial charge in [0.2, 0.25) is 0 Å². The highest BCUT2D eigenvalue weighted by Crippen LogP contribution is 2.37. The first-order valence-corrected chi connectivity index (χ1v) is 8.53. The molecule has 0 aromatic heterocycles. The molecule has 1 saturated carbocycles. The number of rotatable bonds is 4. The van der Waals surface area contributed by atoms with Gasteiger partial charge >= 0.3 is 0 Å². The van der Waals surface area contributed by atoms with E-state index in [2.05, 4.69) is 38.0 Å². The molecule has 19 heavy (non-hydrogen) atoms. The summed E-state index contributed by atoms with van der Waals surface area (Å²) in [5.74, 6) is 0.967. The maximum absolute atomic E-state index is 3.59. The highest BCUT2D eigenvalue weighted by atomic mass is 15.2. The topological polar surface area (TPSA) is 15.3 Å². The van der Waals surface area contributed by atoms with Crippen molar-refractivity contribution >= 4 is 0 Å². The molecule has 0 radical (unpaired) electrons. The number of hydrogen-bond acceptors (Lipinski definition) is 2. The monoisotopic (exact) mass is 266 g/mol. The molecule has 1 aliphatic carbocycles. The number of hydrogen-bond donors (Lipinski definition) is 1. The number of nitrogens with one attached hydrogen (secondary N) is 1. The number of nitrogens with zero attached hydrogens (tertiary/aromatic N) is 1. The van der Waals surface area contributed by atoms with E-state index in [1.807, 2.05) is 0 Å². The molecule has 2 aliphatic rings. The van der Waals surface area contributed by atoms with Gasteiger partial charge in [-0.3, -0.25) is 4.90 Å². The van der Waals surface area contributed by atoms with Crippen molar-refractivity contribution in [2.24, 2.45) is 11.3 Å². The summed E-state index contributed by atoms with van der Waals surface area (Å²) in [4.78, 5) is 2.81. The summed E-state index contributed by atoms with van der Waals surface area (Å²) in [5.41, 5.74) is 0.616. The Hall–Kier alpha value is -0.0800. The Morgan fingerprint density at radius 3 is 2.37 bits per heavy atom. The highest BCUT2D eigenvalue weighted by molar-refractivity contribution is 4.93. The Kier molecular flexibility index (Phi) is 5.30. The van der Waals surface area contributed by atoms with Crippen molar-refractivity contribution in [2.45, 2.75) is 77.8 Å². The minimum atomic E-state index is 0.616. The molecule has 112 valence electrons. The first-order chi connectivity index (χ1) is 9.11. The fraction of sp³-hybridized carbons (Fsp3) is 1.00. The zero-order valence-electron chi connectivity index (χ0n) is 13.5. The highest BCUT2D eigenvalue weighted by Gasteiger charge is 2.37. The van der Waals surface area contributed by atoms with Gasteiger partial charge < -0.3 is 5.32 Å². The van der Waals surface area contributed by atoms with Crippen molar-refractivity contribution in [3.05, 3.63) is 0 Å². The summed E-state index contributed by atoms with van der Waals surface area (Å²) >= 11 is 0. The van der Waals surface area contributed by atoms with Crippen molar-refractivity contribution in [2.75, 3.05) is 20.1 Å². The van der Waals surface area contributed by atoms with Gasteiger partial charge in [-0.15, -0.1) is 0 Å². The van der Waals surface area contributed by atoms with Gasteiger partial charge in [0.25, 0.3) is 0 Å². The van der Waals surface area contributed by atoms with Crippen LogP contribution in [0.3, 0.4) is 0 Å². The van der Waals surface area contributed by atoms with Crippen molar-refractivity contribution < 1.29 is 0 Å². The summed E-state index contributed by atoms with van der Waals surface area (Å²) in [6.45, 7) is 9.86. The van der Waals surface area contributed by atoms with Crippen LogP contribution in [0.25, 0.3) is 0 Å². The van der Waals surface area contributed by atoms with E-state index in [1.54, 1.807) is 0 Å². The van der Waals surface area contributed by atoms with E-state index >= 15 is 0 Å². The van der Waals surface area contributed by atoms with Crippen molar-refractivity contribution in [3.8, 4) is 0 Å². The van der Waals surface area contributed by atoms with Crippen LogP contribution in [-0.2, 0) is 0 Å². The van der Waals surface area contributed by atoms with Crippen molar-refractivity contribution in [1.82, 2.24) is 10.2 Å². The molecule has 1 aliphatic heterocycles. The minimum absolute atomic E-state index is 0.616. The van der Waals surface area contributed by atoms with Gasteiger partial charge in [-0.05, 0) is 63.6 Å². The zero-order chi connectivity index (χ0) is 13.9. The largest absolute Gasteiger partial charge is 0.315 e. The number of likely N-dealkylation sites (tertiary alicyclic amines) is 1. The second-order valence-corrected chi connectivity index (χ2v) is 7.25. The molecule has 3 atom stereocenters. The number of piperidine rings is 1. The molecule has 0 amide bonds. The summed E-state index contributed by atoms with van der Waals surface area (Å²) in [6, 6.07) is 1.53. The van der Waals surface area contributed by atoms with Crippen molar-refractivity contribution in [3.63, 3.8) is 0 Å². The predicted molar refractivity (Wildman–Crippen MR) is 83.5 cm³/mol. The summed E-state index contributed by atoms with van der Waals surface area (Å²) in [5, 5.41) is 3.59. The summed E-state index contributed by atoms with van der Waals surface area (Å²) in [7, 11) is 2.16. The van der Waals surface area contributed by atoms with Gasteiger partial charge in [-0.25, -0.2) is 0 Å². The van der Waals surface area contributed by atoms with Crippen LogP contribution in [0.4, 0.5) is 0 Å². The first kappa shape index (κ1) is 15.3. The first-order valence-electron chi connectivity index (χ1n) is 8.53. The van der Waals surface area contributed by atoms with E-state index in [0.29, 0.717) is 5.41 Å². The normalized spacial score (nSPS) is 36.3. The molecule has 0 bridgehead atoms. The van der Waals surface area contributed by atoms with Gasteiger partial charge in [-0.1, -0.05) is 33.6 Å². The molecule has 0 spiro atoms. The van der Waals surface area contributed by atoms with Crippen LogP contribution in [0.2, 0.25) is 0 Å². The van der Waals surface area contributed by atoms with Crippen LogP contribution in [-0.4, -0.2) is 37.1 Å². The molecule has 1 saturated heterocycles. The number of likely N-dealkylation sites (N-methyl/N-ethyl adjacent to an activating group) is 1. The molecule has 0 aromatic rings. The van der Waals surface area contributed by atoms with Crippen molar-refractivity contribution in [1.29, 1.82) is 0 Å². The standard InChI is InChI=1S/C17H34N2/c1-5-14-7-8-15(18-4)16(13-14)19-11-9-17(3,6-2)10-12-19/h14-16,18H,5-13H2,1-4H3. The van der Waals surface area contributed by atoms with Crippen LogP contribution in [0.1, 0.15) is 65.7 Å². The maximum atomic E-state index is 3.59. The average Bonchev–Trinajstić information content (AvgIpc) is 2.47. The van der Waals surface area contributed by atoms with Crippen LogP contribution in [0.5, 0.6) is 0 Å². The van der Waals surface area contributed by atoms with Gasteiger partial charge in [0.05, 0.1) is 0 Å². The molecule has 2 rings (SSSR count). The molecule has 1 heterocycles. The third kappa shape index (κ3) is 3.52. The van der Waals surface area contributed by atoms with Crippen LogP contribution < -0.4 is 5.32 Å². The third-order valence-corrected chi connectivity index (χ3v) is 6.20. The second-order valence-electron chi connectivity index (χ2n) is 7.25. The van der Waals surface area contributed by atoms with E-state index in [4.69, 9.17) is 0 Å². The smallest absolute Gasteiger partial charge is 0.0251 e. The van der Waals surface area contributed by atoms with Crippen LogP contribution >= 0.6 is 0 Å². The molecule has 2 fully saturated rings. The molecule has 0 aromatic carbocycles. The van der Waals surface area contributed by atoms with Gasteiger partial charge in [-0.2, -0.15) is 0 Å². The lowest BCUT2D eigenvalue weighted by atomic mass is 9.75. The fourth-order valence-electron chi connectivity index (χ4n) is 4.09.